The first kappa shape index (κ1) is 16.8. The summed E-state index contributed by atoms with van der Waals surface area (Å²) in [5, 5.41) is 3.41. The molecule has 0 aliphatic carbocycles. The maximum atomic E-state index is 5.88. The first-order chi connectivity index (χ1) is 10.3. The van der Waals surface area contributed by atoms with Crippen molar-refractivity contribution in [3.05, 3.63) is 28.2 Å². The molecule has 118 valence electrons. The largest absolute Gasteiger partial charge is 0.492 e. The van der Waals surface area contributed by atoms with Gasteiger partial charge in [0, 0.05) is 13.1 Å². The molecule has 0 saturated carbocycles. The molecule has 0 amide bonds. The Morgan fingerprint density at radius 3 is 2.81 bits per heavy atom. The van der Waals surface area contributed by atoms with Gasteiger partial charge in [0.05, 0.1) is 11.1 Å². The average Bonchev–Trinajstić information content (AvgIpc) is 2.99. The Kier molecular flexibility index (Phi) is 7.54. The van der Waals surface area contributed by atoms with Crippen LogP contribution in [-0.4, -0.2) is 37.7 Å². The molecule has 1 heterocycles. The van der Waals surface area contributed by atoms with Gasteiger partial charge in [0.25, 0.3) is 0 Å². The molecule has 21 heavy (non-hydrogen) atoms. The predicted molar refractivity (Wildman–Crippen MR) is 91.9 cm³/mol. The second-order valence-corrected chi connectivity index (χ2v) is 6.55. The predicted octanol–water partition coefficient (Wildman–Crippen LogP) is 3.81. The van der Waals surface area contributed by atoms with Crippen LogP contribution in [0, 0.1) is 0 Å². The number of benzene rings is 1. The fraction of sp³-hybridized carbons (Fsp3) is 0.647. The van der Waals surface area contributed by atoms with E-state index in [1.807, 2.05) is 0 Å². The van der Waals surface area contributed by atoms with E-state index >= 15 is 0 Å². The van der Waals surface area contributed by atoms with E-state index in [4.69, 9.17) is 4.74 Å². The molecule has 1 N–H and O–H groups in total. The van der Waals surface area contributed by atoms with Crippen molar-refractivity contribution in [2.24, 2.45) is 0 Å². The molecule has 1 aliphatic heterocycles. The summed E-state index contributed by atoms with van der Waals surface area (Å²) in [4.78, 5) is 2.53. The Hall–Kier alpha value is -0.580. The van der Waals surface area contributed by atoms with Gasteiger partial charge in [0.2, 0.25) is 0 Å². The van der Waals surface area contributed by atoms with E-state index in [-0.39, 0.29) is 0 Å². The van der Waals surface area contributed by atoms with Crippen LogP contribution in [0.4, 0.5) is 0 Å². The first-order valence-corrected chi connectivity index (χ1v) is 8.93. The van der Waals surface area contributed by atoms with Gasteiger partial charge in [-0.25, -0.2) is 0 Å². The molecule has 0 atom stereocenters. The number of nitrogens with zero attached hydrogens (tertiary/aromatic N) is 1. The van der Waals surface area contributed by atoms with Crippen LogP contribution in [0.3, 0.4) is 0 Å². The zero-order chi connectivity index (χ0) is 14.9. The molecule has 1 fully saturated rings. The lowest BCUT2D eigenvalue weighted by molar-refractivity contribution is 0.262. The molecule has 1 aromatic rings. The minimum Gasteiger partial charge on any atom is -0.492 e. The van der Waals surface area contributed by atoms with Crippen LogP contribution in [0.25, 0.3) is 0 Å². The van der Waals surface area contributed by atoms with Crippen molar-refractivity contribution >= 4 is 15.9 Å². The van der Waals surface area contributed by atoms with Gasteiger partial charge in [-0.05, 0) is 78.9 Å². The second kappa shape index (κ2) is 9.44. The van der Waals surface area contributed by atoms with Crippen LogP contribution in [0.2, 0.25) is 0 Å². The lowest BCUT2D eigenvalue weighted by Gasteiger charge is -2.15. The number of hydrogen-bond donors (Lipinski definition) is 1. The molecule has 0 bridgehead atoms. The Labute approximate surface area is 137 Å². The minimum atomic E-state index is 0.794. The summed E-state index contributed by atoms with van der Waals surface area (Å²) in [6.45, 7) is 8.65. The van der Waals surface area contributed by atoms with Crippen molar-refractivity contribution in [2.75, 3.05) is 32.8 Å². The van der Waals surface area contributed by atoms with Crippen molar-refractivity contribution in [3.8, 4) is 5.75 Å². The summed E-state index contributed by atoms with van der Waals surface area (Å²) in [7, 11) is 0. The van der Waals surface area contributed by atoms with E-state index in [0.29, 0.717) is 0 Å². The molecule has 1 aromatic carbocycles. The van der Waals surface area contributed by atoms with Crippen LogP contribution < -0.4 is 10.1 Å². The molecule has 4 heteroatoms. The van der Waals surface area contributed by atoms with Crippen LogP contribution in [0.1, 0.15) is 38.2 Å². The quantitative estimate of drug-likeness (QED) is 0.682. The summed E-state index contributed by atoms with van der Waals surface area (Å²) in [6, 6.07) is 6.37. The monoisotopic (exact) mass is 354 g/mol. The fourth-order valence-corrected chi connectivity index (χ4v) is 3.20. The summed E-state index contributed by atoms with van der Waals surface area (Å²) >= 11 is 3.61. The smallest absolute Gasteiger partial charge is 0.133 e. The van der Waals surface area contributed by atoms with E-state index in [1.54, 1.807) is 0 Å². The Morgan fingerprint density at radius 2 is 2.10 bits per heavy atom. The zero-order valence-corrected chi connectivity index (χ0v) is 14.6. The topological polar surface area (TPSA) is 24.5 Å². The van der Waals surface area contributed by atoms with Crippen LogP contribution in [0.5, 0.6) is 5.75 Å². The third-order valence-corrected chi connectivity index (χ3v) is 4.45. The van der Waals surface area contributed by atoms with E-state index in [1.165, 1.54) is 37.9 Å². The van der Waals surface area contributed by atoms with Crippen molar-refractivity contribution in [3.63, 3.8) is 0 Å². The Balaban J connectivity index is 1.69. The molecule has 0 unspecified atom stereocenters. The van der Waals surface area contributed by atoms with Crippen molar-refractivity contribution in [1.82, 2.24) is 10.2 Å². The first-order valence-electron chi connectivity index (χ1n) is 8.14. The summed E-state index contributed by atoms with van der Waals surface area (Å²) in [5.41, 5.74) is 1.29. The number of rotatable bonds is 9. The second-order valence-electron chi connectivity index (χ2n) is 5.69. The summed E-state index contributed by atoms with van der Waals surface area (Å²) in [6.07, 6.45) is 4.99. The zero-order valence-electron chi connectivity index (χ0n) is 13.0. The molecule has 1 saturated heterocycles. The van der Waals surface area contributed by atoms with Crippen molar-refractivity contribution in [1.29, 1.82) is 0 Å². The van der Waals surface area contributed by atoms with Gasteiger partial charge < -0.3 is 15.0 Å². The van der Waals surface area contributed by atoms with Gasteiger partial charge in [-0.2, -0.15) is 0 Å². The molecular weight excluding hydrogens is 328 g/mol. The van der Waals surface area contributed by atoms with E-state index in [9.17, 15) is 0 Å². The third-order valence-electron chi connectivity index (χ3n) is 3.83. The van der Waals surface area contributed by atoms with Crippen LogP contribution >= 0.6 is 15.9 Å². The number of nitrogens with one attached hydrogen (secondary N) is 1. The van der Waals surface area contributed by atoms with Gasteiger partial charge in [-0.15, -0.1) is 0 Å². The summed E-state index contributed by atoms with van der Waals surface area (Å²) in [5.74, 6) is 0.954. The highest BCUT2D eigenvalue weighted by molar-refractivity contribution is 9.10. The van der Waals surface area contributed by atoms with Gasteiger partial charge in [-0.3, -0.25) is 0 Å². The van der Waals surface area contributed by atoms with E-state index < -0.39 is 0 Å². The molecule has 0 radical (unpaired) electrons. The van der Waals surface area contributed by atoms with Crippen LogP contribution in [-0.2, 0) is 6.54 Å². The number of likely N-dealkylation sites (tertiary alicyclic amines) is 1. The van der Waals surface area contributed by atoms with E-state index in [2.05, 4.69) is 51.3 Å². The minimum absolute atomic E-state index is 0.794. The maximum absolute atomic E-state index is 5.88. The Morgan fingerprint density at radius 1 is 1.29 bits per heavy atom. The van der Waals surface area contributed by atoms with Gasteiger partial charge in [0.15, 0.2) is 0 Å². The highest BCUT2D eigenvalue weighted by atomic mass is 79.9. The van der Waals surface area contributed by atoms with Crippen LogP contribution in [0.15, 0.2) is 22.7 Å². The average molecular weight is 355 g/mol. The molecule has 1 aliphatic rings. The molecule has 3 nitrogen and oxygen atoms in total. The lowest BCUT2D eigenvalue weighted by Crippen LogP contribution is -2.21. The normalized spacial score (nSPS) is 15.5. The molecule has 2 rings (SSSR count). The third kappa shape index (κ3) is 5.97. The summed E-state index contributed by atoms with van der Waals surface area (Å²) < 4.78 is 6.94. The maximum Gasteiger partial charge on any atom is 0.133 e. The molecule has 0 aromatic heterocycles. The molecule has 0 spiro atoms. The van der Waals surface area contributed by atoms with Gasteiger partial charge >= 0.3 is 0 Å². The van der Waals surface area contributed by atoms with Crippen molar-refractivity contribution in [2.45, 2.75) is 39.2 Å². The fourth-order valence-electron chi connectivity index (χ4n) is 2.66. The SMILES string of the molecule is CCCNCc1ccc(OCCCN2CCCC2)c(Br)c1. The number of ether oxygens (including phenoxy) is 1. The number of halogens is 1. The highest BCUT2D eigenvalue weighted by Crippen LogP contribution is 2.26. The number of hydrogen-bond acceptors (Lipinski definition) is 3. The standard InChI is InChI=1S/C17H27BrN2O/c1-2-8-19-14-15-6-7-17(16(18)13-15)21-12-5-11-20-9-3-4-10-20/h6-7,13,19H,2-5,8-12,14H2,1H3. The molecular formula is C17H27BrN2O. The van der Waals surface area contributed by atoms with Gasteiger partial charge in [0.1, 0.15) is 5.75 Å². The van der Waals surface area contributed by atoms with E-state index in [0.717, 1.165) is 42.9 Å². The van der Waals surface area contributed by atoms with Gasteiger partial charge in [-0.1, -0.05) is 13.0 Å². The Bertz CT molecular complexity index is 419. The van der Waals surface area contributed by atoms with Crippen molar-refractivity contribution < 1.29 is 4.74 Å². The lowest BCUT2D eigenvalue weighted by atomic mass is 10.2. The highest BCUT2D eigenvalue weighted by Gasteiger charge is 2.10.